The Hall–Kier alpha value is -2.34. The Labute approximate surface area is 164 Å². The molecule has 27 heavy (non-hydrogen) atoms. The number of nitrogens with zero attached hydrogens (tertiary/aromatic N) is 3. The lowest BCUT2D eigenvalue weighted by atomic mass is 10.1. The van der Waals surface area contributed by atoms with E-state index in [4.69, 9.17) is 21.4 Å². The van der Waals surface area contributed by atoms with Gasteiger partial charge in [0.1, 0.15) is 12.2 Å². The standard InChI is InChI=1S/C20H24ClN3O3/c1-3-4-5-6-16-12-23(13-19(25)27-2)20(26)18-11-17(22-24(16)18)14-7-9-15(21)10-8-14/h7-11,16H,3-6,12-13H2,1-2H3. The third kappa shape index (κ3) is 4.33. The molecule has 1 aromatic heterocycles. The zero-order chi connectivity index (χ0) is 19.4. The first-order valence-electron chi connectivity index (χ1n) is 9.25. The highest BCUT2D eigenvalue weighted by Gasteiger charge is 2.33. The van der Waals surface area contributed by atoms with E-state index in [0.717, 1.165) is 36.9 Å². The highest BCUT2D eigenvalue weighted by molar-refractivity contribution is 6.30. The van der Waals surface area contributed by atoms with Crippen molar-refractivity contribution < 1.29 is 14.3 Å². The van der Waals surface area contributed by atoms with Gasteiger partial charge in [0, 0.05) is 17.1 Å². The summed E-state index contributed by atoms with van der Waals surface area (Å²) < 4.78 is 6.57. The van der Waals surface area contributed by atoms with Crippen LogP contribution >= 0.6 is 11.6 Å². The van der Waals surface area contributed by atoms with Crippen molar-refractivity contribution in [1.29, 1.82) is 0 Å². The summed E-state index contributed by atoms with van der Waals surface area (Å²) in [5, 5.41) is 5.36. The van der Waals surface area contributed by atoms with Gasteiger partial charge in [-0.05, 0) is 24.6 Å². The summed E-state index contributed by atoms with van der Waals surface area (Å²) in [7, 11) is 1.33. The number of halogens is 1. The van der Waals surface area contributed by atoms with Gasteiger partial charge in [0.15, 0.2) is 0 Å². The van der Waals surface area contributed by atoms with Gasteiger partial charge in [-0.1, -0.05) is 49.9 Å². The van der Waals surface area contributed by atoms with E-state index in [1.807, 2.05) is 16.8 Å². The Kier molecular flexibility index (Phi) is 6.16. The first-order chi connectivity index (χ1) is 13.0. The second-order valence-corrected chi connectivity index (χ2v) is 7.21. The van der Waals surface area contributed by atoms with E-state index in [-0.39, 0.29) is 18.5 Å². The summed E-state index contributed by atoms with van der Waals surface area (Å²) in [6, 6.07) is 9.23. The minimum Gasteiger partial charge on any atom is -0.468 e. The Morgan fingerprint density at radius 1 is 1.30 bits per heavy atom. The number of carbonyl (C=O) groups is 2. The quantitative estimate of drug-likeness (QED) is 0.531. The summed E-state index contributed by atoms with van der Waals surface area (Å²) in [6.45, 7) is 2.58. The molecule has 1 atom stereocenters. The molecule has 1 amide bonds. The van der Waals surface area contributed by atoms with Crippen LogP contribution in [0.4, 0.5) is 0 Å². The Balaban J connectivity index is 1.92. The number of rotatable bonds is 7. The number of hydrogen-bond donors (Lipinski definition) is 0. The van der Waals surface area contributed by atoms with E-state index in [0.29, 0.717) is 17.3 Å². The molecule has 1 aliphatic rings. The maximum Gasteiger partial charge on any atom is 0.325 e. The second kappa shape index (κ2) is 8.57. The number of esters is 1. The summed E-state index contributed by atoms with van der Waals surface area (Å²) in [4.78, 5) is 26.2. The highest BCUT2D eigenvalue weighted by atomic mass is 35.5. The second-order valence-electron chi connectivity index (χ2n) is 6.78. The van der Waals surface area contributed by atoms with Gasteiger partial charge in [0.05, 0.1) is 18.8 Å². The van der Waals surface area contributed by atoms with Crippen molar-refractivity contribution in [2.24, 2.45) is 0 Å². The minimum absolute atomic E-state index is 0.0406. The lowest BCUT2D eigenvalue weighted by Crippen LogP contribution is -2.45. The molecule has 0 saturated heterocycles. The van der Waals surface area contributed by atoms with Crippen molar-refractivity contribution in [2.75, 3.05) is 20.2 Å². The van der Waals surface area contributed by atoms with Crippen LogP contribution in [0, 0.1) is 0 Å². The lowest BCUT2D eigenvalue weighted by molar-refractivity contribution is -0.141. The SMILES string of the molecule is CCCCCC1CN(CC(=O)OC)C(=O)c2cc(-c3ccc(Cl)cc3)nn21. The molecule has 1 unspecified atom stereocenters. The summed E-state index contributed by atoms with van der Waals surface area (Å²) in [5.74, 6) is -0.610. The fourth-order valence-corrected chi connectivity index (χ4v) is 3.50. The van der Waals surface area contributed by atoms with Crippen LogP contribution in [0.5, 0.6) is 0 Å². The Morgan fingerprint density at radius 3 is 2.70 bits per heavy atom. The predicted molar refractivity (Wildman–Crippen MR) is 104 cm³/mol. The summed E-state index contributed by atoms with van der Waals surface area (Å²) >= 11 is 5.97. The molecule has 6 nitrogen and oxygen atoms in total. The summed E-state index contributed by atoms with van der Waals surface area (Å²) in [6.07, 6.45) is 4.21. The van der Waals surface area contributed by atoms with E-state index < -0.39 is 5.97 Å². The van der Waals surface area contributed by atoms with Crippen molar-refractivity contribution in [2.45, 2.75) is 38.6 Å². The fraction of sp³-hybridized carbons (Fsp3) is 0.450. The molecule has 3 rings (SSSR count). The number of ether oxygens (including phenoxy) is 1. The number of unbranched alkanes of at least 4 members (excludes halogenated alkanes) is 2. The van der Waals surface area contributed by atoms with Gasteiger partial charge < -0.3 is 9.64 Å². The Bertz CT molecular complexity index is 816. The monoisotopic (exact) mass is 389 g/mol. The first-order valence-corrected chi connectivity index (χ1v) is 9.62. The number of fused-ring (bicyclic) bond motifs is 1. The molecule has 0 saturated carbocycles. The van der Waals surface area contributed by atoms with E-state index in [1.54, 1.807) is 23.1 Å². The molecule has 0 fully saturated rings. The van der Waals surface area contributed by atoms with Gasteiger partial charge in [0.2, 0.25) is 0 Å². The van der Waals surface area contributed by atoms with E-state index >= 15 is 0 Å². The van der Waals surface area contributed by atoms with Crippen LogP contribution < -0.4 is 0 Å². The van der Waals surface area contributed by atoms with Gasteiger partial charge in [-0.25, -0.2) is 0 Å². The summed E-state index contributed by atoms with van der Waals surface area (Å²) in [5.41, 5.74) is 2.15. The number of carbonyl (C=O) groups excluding carboxylic acids is 2. The van der Waals surface area contributed by atoms with Crippen molar-refractivity contribution >= 4 is 23.5 Å². The lowest BCUT2D eigenvalue weighted by Gasteiger charge is -2.32. The van der Waals surface area contributed by atoms with Crippen molar-refractivity contribution in [1.82, 2.24) is 14.7 Å². The van der Waals surface area contributed by atoms with Crippen LogP contribution in [0.2, 0.25) is 5.02 Å². The smallest absolute Gasteiger partial charge is 0.325 e. The van der Waals surface area contributed by atoms with Crippen LogP contribution in [0.1, 0.15) is 49.1 Å². The maximum atomic E-state index is 12.9. The number of benzene rings is 1. The van der Waals surface area contributed by atoms with Crippen molar-refractivity contribution in [3.8, 4) is 11.3 Å². The molecule has 1 aliphatic heterocycles. The third-order valence-corrected chi connectivity index (χ3v) is 5.10. The van der Waals surface area contributed by atoms with Gasteiger partial charge >= 0.3 is 5.97 Å². The van der Waals surface area contributed by atoms with Gasteiger partial charge in [0.25, 0.3) is 5.91 Å². The molecule has 0 N–H and O–H groups in total. The molecule has 0 aliphatic carbocycles. The van der Waals surface area contributed by atoms with Crippen LogP contribution in [0.3, 0.4) is 0 Å². The van der Waals surface area contributed by atoms with E-state index in [9.17, 15) is 9.59 Å². The molecule has 1 aromatic carbocycles. The number of amides is 1. The molecule has 0 radical (unpaired) electrons. The van der Waals surface area contributed by atoms with Gasteiger partial charge in [-0.15, -0.1) is 0 Å². The predicted octanol–water partition coefficient (Wildman–Crippen LogP) is 3.95. The molecule has 2 aromatic rings. The number of aromatic nitrogens is 2. The number of methoxy groups -OCH3 is 1. The van der Waals surface area contributed by atoms with Crippen molar-refractivity contribution in [3.63, 3.8) is 0 Å². The number of hydrogen-bond acceptors (Lipinski definition) is 4. The van der Waals surface area contributed by atoms with Crippen LogP contribution in [-0.4, -0.2) is 46.8 Å². The zero-order valence-corrected chi connectivity index (χ0v) is 16.4. The van der Waals surface area contributed by atoms with Gasteiger partial charge in [-0.3, -0.25) is 14.3 Å². The van der Waals surface area contributed by atoms with E-state index in [1.165, 1.54) is 7.11 Å². The van der Waals surface area contributed by atoms with Crippen LogP contribution in [0.15, 0.2) is 30.3 Å². The average molecular weight is 390 g/mol. The van der Waals surface area contributed by atoms with Crippen LogP contribution in [-0.2, 0) is 9.53 Å². The van der Waals surface area contributed by atoms with E-state index in [2.05, 4.69) is 6.92 Å². The largest absolute Gasteiger partial charge is 0.468 e. The highest BCUT2D eigenvalue weighted by Crippen LogP contribution is 2.29. The topological polar surface area (TPSA) is 64.4 Å². The molecule has 0 spiro atoms. The maximum absolute atomic E-state index is 12.9. The Morgan fingerprint density at radius 2 is 2.04 bits per heavy atom. The third-order valence-electron chi connectivity index (χ3n) is 4.85. The normalized spacial score (nSPS) is 16.3. The average Bonchev–Trinajstić information content (AvgIpc) is 3.11. The van der Waals surface area contributed by atoms with Gasteiger partial charge in [-0.2, -0.15) is 5.10 Å². The van der Waals surface area contributed by atoms with Crippen molar-refractivity contribution in [3.05, 3.63) is 41.0 Å². The molecule has 2 heterocycles. The molecule has 0 bridgehead atoms. The molecule has 144 valence electrons. The van der Waals surface area contributed by atoms with Crippen LogP contribution in [0.25, 0.3) is 11.3 Å². The fourth-order valence-electron chi connectivity index (χ4n) is 3.37. The molecule has 7 heteroatoms. The minimum atomic E-state index is -0.415. The molecular weight excluding hydrogens is 366 g/mol. The zero-order valence-electron chi connectivity index (χ0n) is 15.7. The first kappa shape index (κ1) is 19.4. The molecular formula is C20H24ClN3O3.